The summed E-state index contributed by atoms with van der Waals surface area (Å²) in [5.41, 5.74) is -0.890. The van der Waals surface area contributed by atoms with Crippen LogP contribution in [0.2, 0.25) is 0 Å². The standard InChI is InChI=1S/C15H10O7.C2H4O3/c16-7-4-10(19)12-11(5-7)22-15(14(21)13(12)20)6-1-2-8(17)9(18)3-6;3-1-2(4)5/h1-5,16-19,21H;3H,1H2,(H,4,5). The van der Waals surface area contributed by atoms with Crippen LogP contribution in [0.1, 0.15) is 0 Å². The Bertz CT molecular complexity index is 1070. The third-order valence-corrected chi connectivity index (χ3v) is 3.31. The minimum atomic E-state index is -1.19. The molecule has 3 rings (SSSR count). The molecule has 7 N–H and O–H groups in total. The molecule has 0 aliphatic heterocycles. The number of aliphatic carboxylic acids is 1. The van der Waals surface area contributed by atoms with E-state index in [0.29, 0.717) is 0 Å². The summed E-state index contributed by atoms with van der Waals surface area (Å²) in [7, 11) is 0. The number of aliphatic hydroxyl groups is 1. The molecule has 0 fully saturated rings. The fraction of sp³-hybridized carbons (Fsp3) is 0.0588. The third-order valence-electron chi connectivity index (χ3n) is 3.31. The van der Waals surface area contributed by atoms with E-state index < -0.39 is 35.3 Å². The minimum absolute atomic E-state index is 0.134. The van der Waals surface area contributed by atoms with Crippen molar-refractivity contribution in [3.05, 3.63) is 40.6 Å². The smallest absolute Gasteiger partial charge is 0.329 e. The Morgan fingerprint density at radius 3 is 2.11 bits per heavy atom. The zero-order valence-electron chi connectivity index (χ0n) is 13.4. The average Bonchev–Trinajstić information content (AvgIpc) is 2.60. The molecule has 1 heterocycles. The van der Waals surface area contributed by atoms with E-state index in [2.05, 4.69) is 0 Å². The van der Waals surface area contributed by atoms with Gasteiger partial charge in [0.1, 0.15) is 29.1 Å². The summed E-state index contributed by atoms with van der Waals surface area (Å²) in [6.07, 6.45) is 0. The monoisotopic (exact) mass is 378 g/mol. The van der Waals surface area contributed by atoms with Gasteiger partial charge in [-0.3, -0.25) is 4.79 Å². The van der Waals surface area contributed by atoms with Gasteiger partial charge in [-0.1, -0.05) is 0 Å². The van der Waals surface area contributed by atoms with Gasteiger partial charge in [-0.25, -0.2) is 4.79 Å². The Hall–Kier alpha value is -3.92. The first-order chi connectivity index (χ1) is 12.6. The molecule has 27 heavy (non-hydrogen) atoms. The highest BCUT2D eigenvalue weighted by atomic mass is 16.4. The van der Waals surface area contributed by atoms with E-state index >= 15 is 0 Å². The third kappa shape index (κ3) is 4.02. The Kier molecular flexibility index (Phi) is 5.42. The van der Waals surface area contributed by atoms with Crippen LogP contribution in [-0.4, -0.2) is 48.3 Å². The molecule has 0 amide bonds. The Balaban J connectivity index is 0.000000465. The van der Waals surface area contributed by atoms with Gasteiger partial charge >= 0.3 is 5.97 Å². The molecule has 0 unspecified atom stereocenters. The molecular weight excluding hydrogens is 364 g/mol. The van der Waals surface area contributed by atoms with E-state index in [1.54, 1.807) is 0 Å². The maximum Gasteiger partial charge on any atom is 0.329 e. The van der Waals surface area contributed by atoms with Gasteiger partial charge in [0.25, 0.3) is 0 Å². The van der Waals surface area contributed by atoms with Crippen molar-refractivity contribution in [1.82, 2.24) is 0 Å². The number of aromatic hydroxyl groups is 5. The lowest BCUT2D eigenvalue weighted by Crippen LogP contribution is -2.02. The maximum absolute atomic E-state index is 12.1. The van der Waals surface area contributed by atoms with Crippen LogP contribution in [0.15, 0.2) is 39.5 Å². The SMILES string of the molecule is O=C(O)CO.O=c1c(O)c(-c2ccc(O)c(O)c2)oc2cc(O)cc(O)c12. The first-order valence-corrected chi connectivity index (χ1v) is 7.22. The van der Waals surface area contributed by atoms with Crippen molar-refractivity contribution in [3.8, 4) is 40.1 Å². The summed E-state index contributed by atoms with van der Waals surface area (Å²) >= 11 is 0. The lowest BCUT2D eigenvalue weighted by Gasteiger charge is -2.08. The fourth-order valence-corrected chi connectivity index (χ4v) is 2.14. The lowest BCUT2D eigenvalue weighted by molar-refractivity contribution is -0.140. The van der Waals surface area contributed by atoms with Crippen molar-refractivity contribution in [2.75, 3.05) is 6.61 Å². The van der Waals surface area contributed by atoms with Gasteiger partial charge in [0, 0.05) is 17.7 Å². The zero-order valence-corrected chi connectivity index (χ0v) is 13.4. The number of benzene rings is 2. The quantitative estimate of drug-likeness (QED) is 0.317. The van der Waals surface area contributed by atoms with Gasteiger partial charge in [0.05, 0.1) is 0 Å². The highest BCUT2D eigenvalue weighted by Gasteiger charge is 2.19. The number of phenols is 4. The number of carboxylic acids is 1. The Morgan fingerprint density at radius 1 is 0.926 bits per heavy atom. The summed E-state index contributed by atoms with van der Waals surface area (Å²) in [6.45, 7) is -0.778. The van der Waals surface area contributed by atoms with E-state index in [4.69, 9.17) is 19.4 Å². The molecule has 142 valence electrons. The molecule has 0 bridgehead atoms. The first-order valence-electron chi connectivity index (χ1n) is 7.22. The van der Waals surface area contributed by atoms with Gasteiger partial charge in [-0.2, -0.15) is 0 Å². The van der Waals surface area contributed by atoms with Crippen LogP contribution in [0.4, 0.5) is 0 Å². The van der Waals surface area contributed by atoms with E-state index in [0.717, 1.165) is 24.3 Å². The van der Waals surface area contributed by atoms with E-state index in [1.807, 2.05) is 0 Å². The second-order valence-corrected chi connectivity index (χ2v) is 5.20. The van der Waals surface area contributed by atoms with Crippen molar-refractivity contribution in [3.63, 3.8) is 0 Å². The predicted molar refractivity (Wildman–Crippen MR) is 91.0 cm³/mol. The molecule has 0 aliphatic carbocycles. The van der Waals surface area contributed by atoms with E-state index in [9.17, 15) is 30.3 Å². The molecule has 1 aromatic heterocycles. The number of hydrogen-bond donors (Lipinski definition) is 7. The average molecular weight is 378 g/mol. The summed E-state index contributed by atoms with van der Waals surface area (Å²) < 4.78 is 5.35. The zero-order chi connectivity index (χ0) is 20.3. The molecule has 0 spiro atoms. The molecule has 0 saturated carbocycles. The summed E-state index contributed by atoms with van der Waals surface area (Å²) in [4.78, 5) is 21.3. The van der Waals surface area contributed by atoms with Crippen molar-refractivity contribution < 1.29 is 45.0 Å². The minimum Gasteiger partial charge on any atom is -0.508 e. The molecule has 0 aliphatic rings. The van der Waals surface area contributed by atoms with E-state index in [-0.39, 0.29) is 33.8 Å². The second kappa shape index (κ2) is 7.54. The molecule has 3 aromatic rings. The number of fused-ring (bicyclic) bond motifs is 1. The van der Waals surface area contributed by atoms with E-state index in [1.165, 1.54) is 6.07 Å². The van der Waals surface area contributed by atoms with Gasteiger partial charge in [0.15, 0.2) is 17.3 Å². The number of hydrogen-bond acceptors (Lipinski definition) is 9. The summed E-state index contributed by atoms with van der Waals surface area (Å²) in [5, 5.41) is 62.6. The van der Waals surface area contributed by atoms with Crippen molar-refractivity contribution in [2.24, 2.45) is 0 Å². The van der Waals surface area contributed by atoms with Crippen molar-refractivity contribution >= 4 is 16.9 Å². The molecular formula is C17H14O10. The van der Waals surface area contributed by atoms with Gasteiger partial charge in [-0.05, 0) is 18.2 Å². The van der Waals surface area contributed by atoms with Crippen LogP contribution in [-0.2, 0) is 4.79 Å². The largest absolute Gasteiger partial charge is 0.508 e. The molecule has 10 heteroatoms. The molecule has 2 aromatic carbocycles. The van der Waals surface area contributed by atoms with Crippen LogP contribution in [0.25, 0.3) is 22.3 Å². The number of rotatable bonds is 2. The number of carbonyl (C=O) groups is 1. The highest BCUT2D eigenvalue weighted by Crippen LogP contribution is 2.37. The summed E-state index contributed by atoms with van der Waals surface area (Å²) in [6, 6.07) is 5.64. The topological polar surface area (TPSA) is 189 Å². The first kappa shape index (κ1) is 19.4. The van der Waals surface area contributed by atoms with Gasteiger partial charge < -0.3 is 40.2 Å². The fourth-order valence-electron chi connectivity index (χ4n) is 2.14. The molecule has 0 saturated heterocycles. The normalized spacial score (nSPS) is 10.3. The van der Waals surface area contributed by atoms with Crippen LogP contribution in [0, 0.1) is 0 Å². The molecule has 10 nitrogen and oxygen atoms in total. The van der Waals surface area contributed by atoms with Crippen LogP contribution >= 0.6 is 0 Å². The van der Waals surface area contributed by atoms with Crippen LogP contribution in [0.5, 0.6) is 28.7 Å². The van der Waals surface area contributed by atoms with Crippen molar-refractivity contribution in [2.45, 2.75) is 0 Å². The van der Waals surface area contributed by atoms with Crippen LogP contribution < -0.4 is 5.43 Å². The number of phenolic OH excluding ortho intramolecular Hbond substituents is 4. The van der Waals surface area contributed by atoms with Crippen molar-refractivity contribution in [1.29, 1.82) is 0 Å². The number of aliphatic hydroxyl groups excluding tert-OH is 1. The Morgan fingerprint density at radius 2 is 1.56 bits per heavy atom. The van der Waals surface area contributed by atoms with Gasteiger partial charge in [-0.15, -0.1) is 0 Å². The van der Waals surface area contributed by atoms with Gasteiger partial charge in [0.2, 0.25) is 11.2 Å². The second-order valence-electron chi connectivity index (χ2n) is 5.20. The highest BCUT2D eigenvalue weighted by molar-refractivity contribution is 5.88. The number of carboxylic acid groups (broad SMARTS) is 1. The lowest BCUT2D eigenvalue weighted by atomic mass is 10.1. The maximum atomic E-state index is 12.1. The molecule has 0 radical (unpaired) electrons. The molecule has 0 atom stereocenters. The predicted octanol–water partition coefficient (Wildman–Crippen LogP) is 1.05. The van der Waals surface area contributed by atoms with Crippen LogP contribution in [0.3, 0.4) is 0 Å². The summed E-state index contributed by atoms with van der Waals surface area (Å²) in [5.74, 6) is -3.90. The Labute approximate surface area is 150 Å².